The predicted octanol–water partition coefficient (Wildman–Crippen LogP) is 3.54. The van der Waals surface area contributed by atoms with E-state index >= 15 is 0 Å². The van der Waals surface area contributed by atoms with Crippen LogP contribution in [0.5, 0.6) is 5.75 Å². The average molecular weight is 341 g/mol. The van der Waals surface area contributed by atoms with Gasteiger partial charge in [-0.25, -0.2) is 0 Å². The van der Waals surface area contributed by atoms with E-state index in [4.69, 9.17) is 4.74 Å². The Morgan fingerprint density at radius 3 is 2.28 bits per heavy atom. The van der Waals surface area contributed by atoms with Gasteiger partial charge in [-0.3, -0.25) is 9.69 Å². The van der Waals surface area contributed by atoms with E-state index in [-0.39, 0.29) is 12.4 Å². The van der Waals surface area contributed by atoms with Gasteiger partial charge in [-0.1, -0.05) is 30.3 Å². The van der Waals surface area contributed by atoms with Crippen molar-refractivity contribution in [1.82, 2.24) is 4.90 Å². The van der Waals surface area contributed by atoms with Crippen molar-refractivity contribution in [2.75, 3.05) is 13.2 Å². The Morgan fingerprint density at radius 2 is 1.72 bits per heavy atom. The third kappa shape index (κ3) is 6.33. The lowest BCUT2D eigenvalue weighted by molar-refractivity contribution is 0.0543. The molecule has 0 aliphatic carbocycles. The van der Waals surface area contributed by atoms with E-state index in [2.05, 4.69) is 30.9 Å². The first-order valence-corrected chi connectivity index (χ1v) is 8.65. The second kappa shape index (κ2) is 9.35. The van der Waals surface area contributed by atoms with Crippen molar-refractivity contribution in [2.24, 2.45) is 0 Å². The number of benzene rings is 2. The topological polar surface area (TPSA) is 49.8 Å². The van der Waals surface area contributed by atoms with Gasteiger partial charge in [0.1, 0.15) is 18.5 Å². The molecule has 0 spiro atoms. The molecule has 0 aliphatic rings. The van der Waals surface area contributed by atoms with E-state index < -0.39 is 6.10 Å². The summed E-state index contributed by atoms with van der Waals surface area (Å²) in [6.07, 6.45) is -0.585. The molecule has 0 saturated carbocycles. The third-order valence-electron chi connectivity index (χ3n) is 4.11. The quantitative estimate of drug-likeness (QED) is 0.709. The minimum atomic E-state index is -0.585. The molecule has 0 aliphatic heterocycles. The highest BCUT2D eigenvalue weighted by Crippen LogP contribution is 2.14. The molecule has 1 unspecified atom stereocenters. The maximum absolute atomic E-state index is 11.3. The van der Waals surface area contributed by atoms with Crippen LogP contribution in [-0.2, 0) is 6.54 Å². The van der Waals surface area contributed by atoms with Crippen LogP contribution < -0.4 is 4.74 Å². The summed E-state index contributed by atoms with van der Waals surface area (Å²) in [6, 6.07) is 17.6. The lowest BCUT2D eigenvalue weighted by Gasteiger charge is -2.28. The Labute approximate surface area is 150 Å². The number of carbonyl (C=O) groups is 1. The Morgan fingerprint density at radius 1 is 1.08 bits per heavy atom. The number of ether oxygens (including phenoxy) is 1. The molecular formula is C21H27NO3. The summed E-state index contributed by atoms with van der Waals surface area (Å²) in [6.45, 7) is 7.33. The van der Waals surface area contributed by atoms with E-state index in [9.17, 15) is 9.90 Å². The summed E-state index contributed by atoms with van der Waals surface area (Å²) < 4.78 is 5.65. The van der Waals surface area contributed by atoms with Gasteiger partial charge in [0.2, 0.25) is 0 Å². The third-order valence-corrected chi connectivity index (χ3v) is 4.11. The lowest BCUT2D eigenvalue weighted by atomic mass is 10.1. The fourth-order valence-electron chi connectivity index (χ4n) is 2.58. The number of carbonyl (C=O) groups excluding carboxylic acids is 1. The lowest BCUT2D eigenvalue weighted by Crippen LogP contribution is -2.39. The molecule has 0 amide bonds. The molecule has 2 aromatic carbocycles. The zero-order chi connectivity index (χ0) is 18.2. The van der Waals surface area contributed by atoms with Crippen LogP contribution in [0.2, 0.25) is 0 Å². The van der Waals surface area contributed by atoms with Crippen molar-refractivity contribution < 1.29 is 14.6 Å². The van der Waals surface area contributed by atoms with E-state index in [0.29, 0.717) is 23.9 Å². The van der Waals surface area contributed by atoms with Gasteiger partial charge >= 0.3 is 0 Å². The van der Waals surface area contributed by atoms with Crippen LogP contribution in [0.1, 0.15) is 36.7 Å². The largest absolute Gasteiger partial charge is 0.491 e. The van der Waals surface area contributed by atoms with Crippen LogP contribution >= 0.6 is 0 Å². The first-order chi connectivity index (χ1) is 12.0. The molecule has 4 heteroatoms. The molecule has 134 valence electrons. The van der Waals surface area contributed by atoms with Gasteiger partial charge in [-0.05, 0) is 50.6 Å². The second-order valence-electron chi connectivity index (χ2n) is 6.55. The molecule has 2 aromatic rings. The number of Topliss-reactive ketones (excluding diaryl/α,β-unsaturated/α-hetero) is 1. The molecule has 1 N–H and O–H groups in total. The van der Waals surface area contributed by atoms with Crippen molar-refractivity contribution in [3.63, 3.8) is 0 Å². The molecule has 2 rings (SSSR count). The fourth-order valence-corrected chi connectivity index (χ4v) is 2.58. The smallest absolute Gasteiger partial charge is 0.159 e. The van der Waals surface area contributed by atoms with E-state index in [0.717, 1.165) is 6.54 Å². The van der Waals surface area contributed by atoms with Gasteiger partial charge in [-0.2, -0.15) is 0 Å². The van der Waals surface area contributed by atoms with E-state index in [1.54, 1.807) is 24.3 Å². The highest BCUT2D eigenvalue weighted by molar-refractivity contribution is 5.94. The zero-order valence-electron chi connectivity index (χ0n) is 15.2. The maximum atomic E-state index is 11.3. The standard InChI is InChI=1S/C21H27NO3/c1-16(2)22(13-18-7-5-4-6-8-18)14-20(24)15-25-21-11-9-19(10-12-21)17(3)23/h4-12,16,20,24H,13-15H2,1-3H3. The summed E-state index contributed by atoms with van der Waals surface area (Å²) in [5, 5.41) is 10.3. The van der Waals surface area contributed by atoms with Crippen molar-refractivity contribution in [3.05, 3.63) is 65.7 Å². The van der Waals surface area contributed by atoms with E-state index in [1.165, 1.54) is 12.5 Å². The Bertz CT molecular complexity index is 653. The molecule has 25 heavy (non-hydrogen) atoms. The maximum Gasteiger partial charge on any atom is 0.159 e. The first kappa shape index (κ1) is 19.2. The van der Waals surface area contributed by atoms with Gasteiger partial charge in [-0.15, -0.1) is 0 Å². The second-order valence-corrected chi connectivity index (χ2v) is 6.55. The molecule has 4 nitrogen and oxygen atoms in total. The van der Waals surface area contributed by atoms with Gasteiger partial charge in [0.25, 0.3) is 0 Å². The van der Waals surface area contributed by atoms with Crippen LogP contribution in [0.4, 0.5) is 0 Å². The number of hydrogen-bond acceptors (Lipinski definition) is 4. The molecule has 1 atom stereocenters. The Balaban J connectivity index is 1.86. The van der Waals surface area contributed by atoms with Crippen LogP contribution in [-0.4, -0.2) is 41.1 Å². The van der Waals surface area contributed by atoms with Gasteiger partial charge in [0, 0.05) is 24.7 Å². The summed E-state index contributed by atoms with van der Waals surface area (Å²) in [7, 11) is 0. The minimum Gasteiger partial charge on any atom is -0.491 e. The van der Waals surface area contributed by atoms with Crippen LogP contribution in [0.25, 0.3) is 0 Å². The van der Waals surface area contributed by atoms with E-state index in [1.807, 2.05) is 18.2 Å². The summed E-state index contributed by atoms with van der Waals surface area (Å²) >= 11 is 0. The highest BCUT2D eigenvalue weighted by atomic mass is 16.5. The van der Waals surface area contributed by atoms with Crippen LogP contribution in [0, 0.1) is 0 Å². The zero-order valence-corrected chi connectivity index (χ0v) is 15.2. The molecular weight excluding hydrogens is 314 g/mol. The number of aliphatic hydroxyl groups is 1. The number of aliphatic hydroxyl groups excluding tert-OH is 1. The predicted molar refractivity (Wildman–Crippen MR) is 99.9 cm³/mol. The number of rotatable bonds is 9. The molecule has 0 heterocycles. The highest BCUT2D eigenvalue weighted by Gasteiger charge is 2.16. The Kier molecular flexibility index (Phi) is 7.16. The van der Waals surface area contributed by atoms with Gasteiger partial charge < -0.3 is 9.84 Å². The van der Waals surface area contributed by atoms with Crippen molar-refractivity contribution in [2.45, 2.75) is 39.5 Å². The van der Waals surface area contributed by atoms with Crippen molar-refractivity contribution in [3.8, 4) is 5.75 Å². The van der Waals surface area contributed by atoms with Gasteiger partial charge in [0.05, 0.1) is 0 Å². The number of hydrogen-bond donors (Lipinski definition) is 1. The minimum absolute atomic E-state index is 0.0278. The number of nitrogens with zero attached hydrogens (tertiary/aromatic N) is 1. The molecule has 0 saturated heterocycles. The number of ketones is 1. The average Bonchev–Trinajstić information content (AvgIpc) is 2.60. The van der Waals surface area contributed by atoms with Gasteiger partial charge in [0.15, 0.2) is 5.78 Å². The molecule has 0 aromatic heterocycles. The summed E-state index contributed by atoms with van der Waals surface area (Å²) in [5.74, 6) is 0.684. The van der Waals surface area contributed by atoms with Crippen LogP contribution in [0.3, 0.4) is 0 Å². The van der Waals surface area contributed by atoms with Crippen molar-refractivity contribution >= 4 is 5.78 Å². The molecule has 0 bridgehead atoms. The molecule has 0 fully saturated rings. The Hall–Kier alpha value is -2.17. The SMILES string of the molecule is CC(=O)c1ccc(OCC(O)CN(Cc2ccccc2)C(C)C)cc1. The fraction of sp³-hybridized carbons (Fsp3) is 0.381. The first-order valence-electron chi connectivity index (χ1n) is 8.65. The van der Waals surface area contributed by atoms with Crippen molar-refractivity contribution in [1.29, 1.82) is 0 Å². The normalized spacial score (nSPS) is 12.4. The monoisotopic (exact) mass is 341 g/mol. The molecule has 0 radical (unpaired) electrons. The van der Waals surface area contributed by atoms with Crippen LogP contribution in [0.15, 0.2) is 54.6 Å². The summed E-state index contributed by atoms with van der Waals surface area (Å²) in [4.78, 5) is 13.5. The summed E-state index contributed by atoms with van der Waals surface area (Å²) in [5.41, 5.74) is 1.88.